The summed E-state index contributed by atoms with van der Waals surface area (Å²) in [5.41, 5.74) is 11.1. The van der Waals surface area contributed by atoms with Crippen LogP contribution in [0, 0.1) is 0 Å². The number of benzene rings is 8. The highest BCUT2D eigenvalue weighted by molar-refractivity contribution is 6.24. The van der Waals surface area contributed by atoms with E-state index in [0.29, 0.717) is 17.6 Å². The summed E-state index contributed by atoms with van der Waals surface area (Å²) in [5.74, 6) is 1.78. The van der Waals surface area contributed by atoms with Crippen molar-refractivity contribution in [3.05, 3.63) is 188 Å². The second-order valence-corrected chi connectivity index (χ2v) is 14.4. The van der Waals surface area contributed by atoms with Crippen LogP contribution in [0.1, 0.15) is 0 Å². The van der Waals surface area contributed by atoms with Crippen LogP contribution < -0.4 is 0 Å². The van der Waals surface area contributed by atoms with E-state index >= 15 is 0 Å². The van der Waals surface area contributed by atoms with Gasteiger partial charge in [0.15, 0.2) is 11.6 Å². The Balaban J connectivity index is 1.24. The Bertz CT molecular complexity index is 3450. The summed E-state index contributed by atoms with van der Waals surface area (Å²) < 4.78 is 11.3. The van der Waals surface area contributed by atoms with Crippen molar-refractivity contribution in [2.75, 3.05) is 0 Å². The molecule has 0 fully saturated rings. The predicted molar refractivity (Wildman–Crippen MR) is 232 cm³/mol. The van der Waals surface area contributed by atoms with Crippen molar-refractivity contribution in [2.45, 2.75) is 0 Å². The van der Waals surface area contributed by atoms with Crippen LogP contribution >= 0.6 is 0 Å². The molecule has 12 rings (SSSR count). The van der Waals surface area contributed by atoms with Gasteiger partial charge in [-0.25, -0.2) is 4.98 Å². The molecule has 0 aliphatic heterocycles. The molecule has 0 saturated carbocycles. The monoisotopic (exact) mass is 729 g/mol. The maximum absolute atomic E-state index is 6.60. The first kappa shape index (κ1) is 31.5. The highest BCUT2D eigenvalue weighted by Crippen LogP contribution is 2.44. The first-order valence-corrected chi connectivity index (χ1v) is 19.1. The maximum atomic E-state index is 6.60. The van der Waals surface area contributed by atoms with Crippen molar-refractivity contribution in [2.24, 2.45) is 0 Å². The fourth-order valence-electron chi connectivity index (χ4n) is 8.66. The molecule has 4 aromatic heterocycles. The lowest BCUT2D eigenvalue weighted by molar-refractivity contribution is 0.669. The number of nitrogens with zero attached hydrogens (tertiary/aromatic N) is 5. The number of furan rings is 1. The second-order valence-electron chi connectivity index (χ2n) is 14.4. The van der Waals surface area contributed by atoms with Crippen LogP contribution in [0.15, 0.2) is 192 Å². The molecular weight excluding hydrogens is 699 g/mol. The van der Waals surface area contributed by atoms with Crippen LogP contribution in [0.4, 0.5) is 0 Å². The average molecular weight is 730 g/mol. The molecular formula is C51H31N5O. The number of aromatic nitrogens is 5. The summed E-state index contributed by atoms with van der Waals surface area (Å²) in [7, 11) is 0. The molecule has 0 N–H and O–H groups in total. The Labute approximate surface area is 326 Å². The van der Waals surface area contributed by atoms with E-state index in [2.05, 4.69) is 161 Å². The minimum atomic E-state index is 0.553. The third kappa shape index (κ3) is 4.81. The van der Waals surface area contributed by atoms with Crippen molar-refractivity contribution >= 4 is 65.6 Å². The van der Waals surface area contributed by atoms with Crippen LogP contribution in [-0.4, -0.2) is 24.1 Å². The van der Waals surface area contributed by atoms with Gasteiger partial charge in [0.25, 0.3) is 0 Å². The molecule has 0 amide bonds. The van der Waals surface area contributed by atoms with Crippen molar-refractivity contribution in [3.8, 4) is 45.5 Å². The van der Waals surface area contributed by atoms with Gasteiger partial charge in [0.05, 0.1) is 33.1 Å². The lowest BCUT2D eigenvalue weighted by Gasteiger charge is -2.14. The average Bonchev–Trinajstić information content (AvgIpc) is 3.95. The van der Waals surface area contributed by atoms with Crippen molar-refractivity contribution in [1.29, 1.82) is 0 Å². The van der Waals surface area contributed by atoms with E-state index in [1.165, 1.54) is 0 Å². The second kappa shape index (κ2) is 12.3. The van der Waals surface area contributed by atoms with E-state index in [4.69, 9.17) is 19.4 Å². The number of hydrogen-bond acceptors (Lipinski definition) is 4. The fourth-order valence-corrected chi connectivity index (χ4v) is 8.66. The third-order valence-electron chi connectivity index (χ3n) is 11.2. The minimum absolute atomic E-state index is 0.553. The first-order valence-electron chi connectivity index (χ1n) is 19.1. The summed E-state index contributed by atoms with van der Waals surface area (Å²) in [5, 5.41) is 6.65. The van der Waals surface area contributed by atoms with E-state index in [-0.39, 0.29) is 0 Å². The Morgan fingerprint density at radius 2 is 0.895 bits per heavy atom. The molecule has 0 unspecified atom stereocenters. The molecule has 12 aromatic rings. The van der Waals surface area contributed by atoms with Gasteiger partial charge in [0.2, 0.25) is 5.95 Å². The quantitative estimate of drug-likeness (QED) is 0.177. The zero-order valence-corrected chi connectivity index (χ0v) is 30.5. The van der Waals surface area contributed by atoms with E-state index in [1.807, 2.05) is 36.4 Å². The molecule has 0 radical (unpaired) electrons. The SMILES string of the molecule is c1ccc(-c2ccc3oc4cccc(-n5c6ccccc6c6ccc7c8ccccc8n(-c8nc(-c9ccccc9)nc(-c9ccccc9)n8)c7c65)c4c3c2)cc1. The van der Waals surface area contributed by atoms with Crippen LogP contribution in [0.2, 0.25) is 0 Å². The molecule has 0 spiro atoms. The normalized spacial score (nSPS) is 11.9. The largest absolute Gasteiger partial charge is 0.456 e. The molecule has 8 aromatic carbocycles. The summed E-state index contributed by atoms with van der Waals surface area (Å²) in [6, 6.07) is 65.5. The van der Waals surface area contributed by atoms with Gasteiger partial charge in [-0.3, -0.25) is 4.57 Å². The molecule has 0 aliphatic rings. The summed E-state index contributed by atoms with van der Waals surface area (Å²) in [4.78, 5) is 15.6. The molecule has 266 valence electrons. The van der Waals surface area contributed by atoms with Crippen LogP contribution in [-0.2, 0) is 0 Å². The highest BCUT2D eigenvalue weighted by Gasteiger charge is 2.25. The summed E-state index contributed by atoms with van der Waals surface area (Å²) >= 11 is 0. The predicted octanol–water partition coefficient (Wildman–Crippen LogP) is 13.0. The lowest BCUT2D eigenvalue weighted by atomic mass is 10.0. The number of hydrogen-bond donors (Lipinski definition) is 0. The smallest absolute Gasteiger partial charge is 0.238 e. The Morgan fingerprint density at radius 3 is 1.53 bits per heavy atom. The van der Waals surface area contributed by atoms with Gasteiger partial charge in [-0.2, -0.15) is 9.97 Å². The Morgan fingerprint density at radius 1 is 0.351 bits per heavy atom. The molecule has 4 heterocycles. The highest BCUT2D eigenvalue weighted by atomic mass is 16.3. The summed E-state index contributed by atoms with van der Waals surface area (Å²) in [6.45, 7) is 0. The molecule has 0 aliphatic carbocycles. The standard InChI is InChI=1S/C51H31N5O/c1-4-15-32(16-5-1)35-27-30-44-40(31-35)46-43(25-14-26-45(46)57-44)55-41-23-12-10-21-36(41)38-28-29-39-37-22-11-13-24-42(37)56(48(39)47(38)55)51-53-49(33-17-6-2-7-18-33)52-50(54-51)34-19-8-3-9-20-34/h1-31H. The van der Waals surface area contributed by atoms with E-state index in [0.717, 1.165) is 93.5 Å². The van der Waals surface area contributed by atoms with E-state index < -0.39 is 0 Å². The van der Waals surface area contributed by atoms with Gasteiger partial charge in [0, 0.05) is 38.1 Å². The van der Waals surface area contributed by atoms with Gasteiger partial charge < -0.3 is 8.98 Å². The maximum Gasteiger partial charge on any atom is 0.238 e. The summed E-state index contributed by atoms with van der Waals surface area (Å²) in [6.07, 6.45) is 0. The van der Waals surface area contributed by atoms with Gasteiger partial charge in [-0.1, -0.05) is 152 Å². The zero-order chi connectivity index (χ0) is 37.5. The molecule has 0 bridgehead atoms. The molecule has 6 heteroatoms. The van der Waals surface area contributed by atoms with Crippen LogP contribution in [0.25, 0.3) is 111 Å². The zero-order valence-electron chi connectivity index (χ0n) is 30.5. The van der Waals surface area contributed by atoms with Crippen molar-refractivity contribution in [1.82, 2.24) is 24.1 Å². The molecule has 6 nitrogen and oxygen atoms in total. The van der Waals surface area contributed by atoms with Gasteiger partial charge in [0.1, 0.15) is 11.2 Å². The van der Waals surface area contributed by atoms with Crippen LogP contribution in [0.3, 0.4) is 0 Å². The van der Waals surface area contributed by atoms with Gasteiger partial charge in [-0.15, -0.1) is 0 Å². The minimum Gasteiger partial charge on any atom is -0.456 e. The first-order chi connectivity index (χ1) is 28.3. The van der Waals surface area contributed by atoms with Crippen molar-refractivity contribution in [3.63, 3.8) is 0 Å². The number of rotatable bonds is 5. The molecule has 57 heavy (non-hydrogen) atoms. The van der Waals surface area contributed by atoms with Crippen LogP contribution in [0.5, 0.6) is 0 Å². The van der Waals surface area contributed by atoms with Gasteiger partial charge >= 0.3 is 0 Å². The van der Waals surface area contributed by atoms with E-state index in [9.17, 15) is 0 Å². The lowest BCUT2D eigenvalue weighted by Crippen LogP contribution is -2.07. The topological polar surface area (TPSA) is 61.7 Å². The van der Waals surface area contributed by atoms with Crippen molar-refractivity contribution < 1.29 is 4.42 Å². The van der Waals surface area contributed by atoms with E-state index in [1.54, 1.807) is 0 Å². The number of para-hydroxylation sites is 2. The molecule has 0 atom stereocenters. The number of fused-ring (bicyclic) bond motifs is 10. The van der Waals surface area contributed by atoms with Gasteiger partial charge in [-0.05, 0) is 47.5 Å². The fraction of sp³-hybridized carbons (Fsp3) is 0. The Kier molecular flexibility index (Phi) is 6.83. The third-order valence-corrected chi connectivity index (χ3v) is 11.2. The Hall–Kier alpha value is -7.83. The molecule has 0 saturated heterocycles.